The van der Waals surface area contributed by atoms with Crippen LogP contribution < -0.4 is 0 Å². The Hall–Kier alpha value is -3.08. The molecule has 0 N–H and O–H groups in total. The van der Waals surface area contributed by atoms with Gasteiger partial charge in [-0.05, 0) is 5.56 Å². The fraction of sp³-hybridized carbons (Fsp3) is 0.158. The fourth-order valence-corrected chi connectivity index (χ4v) is 2.09. The summed E-state index contributed by atoms with van der Waals surface area (Å²) < 4.78 is 0. The van der Waals surface area contributed by atoms with Gasteiger partial charge >= 0.3 is 5.97 Å². The first-order valence-electron chi connectivity index (χ1n) is 7.46. The molecule has 0 aromatic heterocycles. The number of hydrogen-bond donors (Lipinski definition) is 0. The molecule has 0 bridgehead atoms. The third kappa shape index (κ3) is 5.28. The standard InChI is InChI=1S/C19H17NO4/c1-14(21)24-20-18(15-8-4-2-5-9-15)12-17(22)13-19(23)16-10-6-3-7-11-16/h2-11H,12-13H2,1H3/b20-18+. The van der Waals surface area contributed by atoms with Gasteiger partial charge in [0.15, 0.2) is 5.78 Å². The molecular weight excluding hydrogens is 306 g/mol. The molecule has 2 aromatic carbocycles. The van der Waals surface area contributed by atoms with Crippen molar-refractivity contribution in [2.45, 2.75) is 19.8 Å². The van der Waals surface area contributed by atoms with E-state index in [1.54, 1.807) is 54.6 Å². The Balaban J connectivity index is 2.09. The second kappa shape index (κ2) is 8.53. The smallest absolute Gasteiger partial charge is 0.318 e. The van der Waals surface area contributed by atoms with Crippen molar-refractivity contribution in [2.24, 2.45) is 5.16 Å². The number of nitrogens with zero attached hydrogens (tertiary/aromatic N) is 1. The Morgan fingerprint density at radius 2 is 1.38 bits per heavy atom. The van der Waals surface area contributed by atoms with Crippen LogP contribution in [0.1, 0.15) is 35.7 Å². The number of carbonyl (C=O) groups excluding carboxylic acids is 3. The lowest BCUT2D eigenvalue weighted by Gasteiger charge is -2.05. The molecule has 0 saturated carbocycles. The minimum atomic E-state index is -0.573. The van der Waals surface area contributed by atoms with E-state index in [1.165, 1.54) is 6.92 Å². The van der Waals surface area contributed by atoms with Gasteiger partial charge in [-0.25, -0.2) is 4.79 Å². The van der Waals surface area contributed by atoms with Crippen LogP contribution in [0.15, 0.2) is 65.8 Å². The highest BCUT2D eigenvalue weighted by atomic mass is 16.7. The molecule has 0 saturated heterocycles. The van der Waals surface area contributed by atoms with Crippen LogP contribution in [-0.2, 0) is 14.4 Å². The first kappa shape index (κ1) is 17.3. The van der Waals surface area contributed by atoms with Crippen molar-refractivity contribution in [3.63, 3.8) is 0 Å². The lowest BCUT2D eigenvalue weighted by atomic mass is 10.00. The van der Waals surface area contributed by atoms with Crippen LogP contribution >= 0.6 is 0 Å². The molecule has 0 aliphatic rings. The molecule has 0 fully saturated rings. The molecule has 2 aromatic rings. The third-order valence-electron chi connectivity index (χ3n) is 3.21. The molecule has 0 heterocycles. The summed E-state index contributed by atoms with van der Waals surface area (Å²) in [5, 5.41) is 3.75. The molecule has 122 valence electrons. The first-order chi connectivity index (χ1) is 11.6. The zero-order valence-corrected chi connectivity index (χ0v) is 13.3. The third-order valence-corrected chi connectivity index (χ3v) is 3.21. The van der Waals surface area contributed by atoms with Gasteiger partial charge in [-0.15, -0.1) is 0 Å². The van der Waals surface area contributed by atoms with Crippen LogP contribution in [-0.4, -0.2) is 23.2 Å². The summed E-state index contributed by atoms with van der Waals surface area (Å²) >= 11 is 0. The summed E-state index contributed by atoms with van der Waals surface area (Å²) in [6.45, 7) is 1.23. The molecule has 24 heavy (non-hydrogen) atoms. The molecule has 0 unspecified atom stereocenters. The quantitative estimate of drug-likeness (QED) is 0.258. The van der Waals surface area contributed by atoms with Crippen molar-refractivity contribution in [2.75, 3.05) is 0 Å². The van der Waals surface area contributed by atoms with Crippen molar-refractivity contribution >= 4 is 23.2 Å². The number of oxime groups is 1. The van der Waals surface area contributed by atoms with Crippen molar-refractivity contribution in [1.29, 1.82) is 0 Å². The molecular formula is C19H17NO4. The summed E-state index contributed by atoms with van der Waals surface area (Å²) in [6, 6.07) is 17.6. The molecule has 0 spiro atoms. The Labute approximate surface area is 139 Å². The van der Waals surface area contributed by atoms with Crippen LogP contribution in [0.3, 0.4) is 0 Å². The number of hydrogen-bond acceptors (Lipinski definition) is 5. The minimum absolute atomic E-state index is 0.0874. The molecule has 0 aliphatic carbocycles. The lowest BCUT2D eigenvalue weighted by molar-refractivity contribution is -0.141. The average Bonchev–Trinajstić information content (AvgIpc) is 2.60. The predicted molar refractivity (Wildman–Crippen MR) is 89.8 cm³/mol. The molecule has 2 rings (SSSR count). The maximum atomic E-state index is 12.2. The molecule has 0 radical (unpaired) electrons. The van der Waals surface area contributed by atoms with E-state index in [0.29, 0.717) is 16.8 Å². The maximum absolute atomic E-state index is 12.2. The zero-order valence-electron chi connectivity index (χ0n) is 13.3. The maximum Gasteiger partial charge on any atom is 0.331 e. The van der Waals surface area contributed by atoms with Gasteiger partial charge in [0.1, 0.15) is 5.78 Å². The van der Waals surface area contributed by atoms with Gasteiger partial charge in [0.25, 0.3) is 0 Å². The van der Waals surface area contributed by atoms with Crippen molar-refractivity contribution < 1.29 is 19.2 Å². The molecule has 0 atom stereocenters. The number of rotatable bonds is 7. The number of Topliss-reactive ketones (excluding diaryl/α,β-unsaturated/α-hetero) is 2. The summed E-state index contributed by atoms with van der Waals surface area (Å²) in [5.74, 6) is -1.12. The van der Waals surface area contributed by atoms with E-state index in [-0.39, 0.29) is 24.4 Å². The molecule has 0 aliphatic heterocycles. The van der Waals surface area contributed by atoms with Gasteiger partial charge in [-0.1, -0.05) is 65.8 Å². The van der Waals surface area contributed by atoms with Crippen LogP contribution in [0.5, 0.6) is 0 Å². The molecule has 5 heteroatoms. The van der Waals surface area contributed by atoms with Gasteiger partial charge in [0.05, 0.1) is 18.6 Å². The van der Waals surface area contributed by atoms with Gasteiger partial charge in [0.2, 0.25) is 0 Å². The summed E-state index contributed by atoms with van der Waals surface area (Å²) in [5.41, 5.74) is 1.47. The lowest BCUT2D eigenvalue weighted by Crippen LogP contribution is -2.14. The number of ketones is 2. The first-order valence-corrected chi connectivity index (χ1v) is 7.46. The molecule has 0 amide bonds. The van der Waals surface area contributed by atoms with Gasteiger partial charge in [0, 0.05) is 12.5 Å². The van der Waals surface area contributed by atoms with Crippen LogP contribution in [0.4, 0.5) is 0 Å². The average molecular weight is 323 g/mol. The SMILES string of the molecule is CC(=O)O/N=C(\CC(=O)CC(=O)c1ccccc1)c1ccccc1. The van der Waals surface area contributed by atoms with Crippen molar-refractivity contribution in [3.8, 4) is 0 Å². The summed E-state index contributed by atoms with van der Waals surface area (Å²) in [6.07, 6.45) is -0.314. The monoisotopic (exact) mass is 323 g/mol. The summed E-state index contributed by atoms with van der Waals surface area (Å²) in [7, 11) is 0. The topological polar surface area (TPSA) is 72.8 Å². The second-order valence-electron chi connectivity index (χ2n) is 5.17. The van der Waals surface area contributed by atoms with Crippen LogP contribution in [0.2, 0.25) is 0 Å². The second-order valence-corrected chi connectivity index (χ2v) is 5.17. The number of benzene rings is 2. The van der Waals surface area contributed by atoms with Crippen LogP contribution in [0.25, 0.3) is 0 Å². The fourth-order valence-electron chi connectivity index (χ4n) is 2.09. The Bertz CT molecular complexity index is 751. The highest BCUT2D eigenvalue weighted by Gasteiger charge is 2.16. The Kier molecular flexibility index (Phi) is 6.14. The Morgan fingerprint density at radius 3 is 1.92 bits per heavy atom. The highest BCUT2D eigenvalue weighted by Crippen LogP contribution is 2.10. The van der Waals surface area contributed by atoms with Gasteiger partial charge < -0.3 is 4.84 Å². The van der Waals surface area contributed by atoms with Gasteiger partial charge in [-0.3, -0.25) is 9.59 Å². The highest BCUT2D eigenvalue weighted by molar-refractivity contribution is 6.16. The minimum Gasteiger partial charge on any atom is -0.318 e. The van der Waals surface area contributed by atoms with Crippen LogP contribution in [0, 0.1) is 0 Å². The van der Waals surface area contributed by atoms with Crippen molar-refractivity contribution in [3.05, 3.63) is 71.8 Å². The normalized spacial score (nSPS) is 11.0. The Morgan fingerprint density at radius 1 is 0.833 bits per heavy atom. The molecule has 5 nitrogen and oxygen atoms in total. The number of carbonyl (C=O) groups is 3. The summed E-state index contributed by atoms with van der Waals surface area (Å²) in [4.78, 5) is 39.9. The van der Waals surface area contributed by atoms with E-state index in [4.69, 9.17) is 0 Å². The van der Waals surface area contributed by atoms with E-state index in [1.807, 2.05) is 6.07 Å². The van der Waals surface area contributed by atoms with Crippen molar-refractivity contribution in [1.82, 2.24) is 0 Å². The predicted octanol–water partition coefficient (Wildman–Crippen LogP) is 3.19. The largest absolute Gasteiger partial charge is 0.331 e. The zero-order chi connectivity index (χ0) is 17.4. The van der Waals surface area contributed by atoms with E-state index in [2.05, 4.69) is 9.99 Å². The van der Waals surface area contributed by atoms with E-state index in [0.717, 1.165) is 0 Å². The van der Waals surface area contributed by atoms with Gasteiger partial charge in [-0.2, -0.15) is 0 Å². The van der Waals surface area contributed by atoms with E-state index >= 15 is 0 Å². The van der Waals surface area contributed by atoms with E-state index < -0.39 is 5.97 Å². The van der Waals surface area contributed by atoms with E-state index in [9.17, 15) is 14.4 Å².